The molecule has 4 nitrogen and oxygen atoms in total. The number of carbonyl (C=O) groups is 1. The lowest BCUT2D eigenvalue weighted by atomic mass is 9.88. The Morgan fingerprint density at radius 1 is 1.35 bits per heavy atom. The van der Waals surface area contributed by atoms with Crippen LogP contribution in [0.15, 0.2) is 30.5 Å². The number of fused-ring (bicyclic) bond motifs is 1. The summed E-state index contributed by atoms with van der Waals surface area (Å²) >= 11 is 0. The molecule has 0 aliphatic rings. The van der Waals surface area contributed by atoms with Crippen molar-refractivity contribution in [3.8, 4) is 5.75 Å². The van der Waals surface area contributed by atoms with Gasteiger partial charge in [0.25, 0.3) is 0 Å². The Morgan fingerprint density at radius 3 is 2.75 bits per heavy atom. The van der Waals surface area contributed by atoms with Gasteiger partial charge in [-0.05, 0) is 44.9 Å². The van der Waals surface area contributed by atoms with Crippen LogP contribution in [0, 0.1) is 5.41 Å². The maximum absolute atomic E-state index is 11.1. The van der Waals surface area contributed by atoms with E-state index in [-0.39, 0.29) is 0 Å². The zero-order valence-electron chi connectivity index (χ0n) is 12.2. The average Bonchev–Trinajstić information content (AvgIpc) is 2.82. The molecular formula is C16H21NO3. The molecule has 0 spiro atoms. The van der Waals surface area contributed by atoms with Gasteiger partial charge in [0, 0.05) is 18.1 Å². The summed E-state index contributed by atoms with van der Waals surface area (Å²) in [5.74, 6) is 0.128. The molecule has 1 heterocycles. The van der Waals surface area contributed by atoms with Crippen LogP contribution in [0.2, 0.25) is 0 Å². The summed E-state index contributed by atoms with van der Waals surface area (Å²) in [6.07, 6.45) is 3.52. The minimum atomic E-state index is -0.739. The summed E-state index contributed by atoms with van der Waals surface area (Å²) < 4.78 is 7.49. The van der Waals surface area contributed by atoms with Crippen LogP contribution in [-0.2, 0) is 11.3 Å². The van der Waals surface area contributed by atoms with Crippen molar-refractivity contribution in [1.82, 2.24) is 4.57 Å². The van der Waals surface area contributed by atoms with Crippen LogP contribution < -0.4 is 4.74 Å². The second-order valence-electron chi connectivity index (χ2n) is 5.69. The van der Waals surface area contributed by atoms with E-state index in [0.717, 1.165) is 29.6 Å². The minimum absolute atomic E-state index is 0.659. The number of aryl methyl sites for hydroxylation is 1. The van der Waals surface area contributed by atoms with Crippen molar-refractivity contribution in [3.63, 3.8) is 0 Å². The summed E-state index contributed by atoms with van der Waals surface area (Å²) in [6, 6.07) is 8.01. The number of carboxylic acid groups (broad SMARTS) is 1. The predicted molar refractivity (Wildman–Crippen MR) is 79.1 cm³/mol. The summed E-state index contributed by atoms with van der Waals surface area (Å²) in [7, 11) is 1.67. The molecule has 0 aliphatic heterocycles. The lowest BCUT2D eigenvalue weighted by Crippen LogP contribution is -2.23. The molecule has 1 N–H and O–H groups in total. The van der Waals surface area contributed by atoms with Crippen LogP contribution in [0.4, 0.5) is 0 Å². The number of aliphatic carboxylic acids is 1. The molecule has 0 unspecified atom stereocenters. The molecule has 1 aromatic heterocycles. The first-order valence-electron chi connectivity index (χ1n) is 6.81. The van der Waals surface area contributed by atoms with Crippen molar-refractivity contribution < 1.29 is 14.6 Å². The Balaban J connectivity index is 2.10. The van der Waals surface area contributed by atoms with E-state index in [4.69, 9.17) is 9.84 Å². The first-order chi connectivity index (χ1) is 9.45. The minimum Gasteiger partial charge on any atom is -0.496 e. The van der Waals surface area contributed by atoms with Gasteiger partial charge in [0.1, 0.15) is 5.75 Å². The Kier molecular flexibility index (Phi) is 4.02. The molecule has 0 saturated carbocycles. The molecule has 20 heavy (non-hydrogen) atoms. The maximum Gasteiger partial charge on any atom is 0.309 e. The number of aromatic nitrogens is 1. The predicted octanol–water partition coefficient (Wildman–Crippen LogP) is 3.54. The first kappa shape index (κ1) is 14.4. The molecule has 0 radical (unpaired) electrons. The SMILES string of the molecule is COc1cccc2c1ccn2CCCC(C)(C)C(=O)O. The number of ether oxygens (including phenoxy) is 1. The number of hydrogen-bond acceptors (Lipinski definition) is 2. The number of benzene rings is 1. The summed E-state index contributed by atoms with van der Waals surface area (Å²) in [5.41, 5.74) is 0.457. The quantitative estimate of drug-likeness (QED) is 0.877. The summed E-state index contributed by atoms with van der Waals surface area (Å²) in [4.78, 5) is 11.1. The van der Waals surface area contributed by atoms with Crippen LogP contribution in [-0.4, -0.2) is 22.8 Å². The van der Waals surface area contributed by atoms with E-state index >= 15 is 0 Å². The first-order valence-corrected chi connectivity index (χ1v) is 6.81. The van der Waals surface area contributed by atoms with E-state index in [0.29, 0.717) is 6.42 Å². The second kappa shape index (κ2) is 5.57. The molecule has 4 heteroatoms. The van der Waals surface area contributed by atoms with Gasteiger partial charge < -0.3 is 14.4 Å². The van der Waals surface area contributed by atoms with Crippen molar-refractivity contribution in [2.75, 3.05) is 7.11 Å². The van der Waals surface area contributed by atoms with Crippen LogP contribution in [0.5, 0.6) is 5.75 Å². The Labute approximate surface area is 119 Å². The van der Waals surface area contributed by atoms with E-state index in [2.05, 4.69) is 10.6 Å². The molecule has 0 bridgehead atoms. The standard InChI is InChI=1S/C16H21NO3/c1-16(2,15(18)19)9-5-10-17-11-8-12-13(17)6-4-7-14(12)20-3/h4,6-8,11H,5,9-10H2,1-3H3,(H,18,19). The third-order valence-corrected chi connectivity index (χ3v) is 3.77. The average molecular weight is 275 g/mol. The summed E-state index contributed by atoms with van der Waals surface area (Å²) in [6.45, 7) is 4.35. The molecule has 0 amide bonds. The molecule has 2 rings (SSSR count). The normalized spacial score (nSPS) is 11.8. The van der Waals surface area contributed by atoms with Crippen LogP contribution in [0.3, 0.4) is 0 Å². The lowest BCUT2D eigenvalue weighted by Gasteiger charge is -2.18. The fourth-order valence-electron chi connectivity index (χ4n) is 2.37. The van der Waals surface area contributed by atoms with E-state index in [1.165, 1.54) is 0 Å². The molecule has 0 fully saturated rings. The van der Waals surface area contributed by atoms with E-state index < -0.39 is 11.4 Å². The Bertz CT molecular complexity index is 613. The zero-order valence-corrected chi connectivity index (χ0v) is 12.2. The van der Waals surface area contributed by atoms with Gasteiger partial charge in [-0.2, -0.15) is 0 Å². The smallest absolute Gasteiger partial charge is 0.309 e. The van der Waals surface area contributed by atoms with Gasteiger partial charge in [-0.3, -0.25) is 4.79 Å². The van der Waals surface area contributed by atoms with Gasteiger partial charge in [0.15, 0.2) is 0 Å². The Morgan fingerprint density at radius 2 is 2.10 bits per heavy atom. The number of methoxy groups -OCH3 is 1. The van der Waals surface area contributed by atoms with Crippen molar-refractivity contribution >= 4 is 16.9 Å². The molecule has 0 saturated heterocycles. The molecule has 108 valence electrons. The van der Waals surface area contributed by atoms with Crippen LogP contribution in [0.25, 0.3) is 10.9 Å². The topological polar surface area (TPSA) is 51.5 Å². The van der Waals surface area contributed by atoms with Gasteiger partial charge in [0.05, 0.1) is 18.0 Å². The number of nitrogens with zero attached hydrogens (tertiary/aromatic N) is 1. The van der Waals surface area contributed by atoms with Gasteiger partial charge in [-0.25, -0.2) is 0 Å². The van der Waals surface area contributed by atoms with Crippen LogP contribution >= 0.6 is 0 Å². The maximum atomic E-state index is 11.1. The third kappa shape index (κ3) is 2.79. The van der Waals surface area contributed by atoms with E-state index in [1.807, 2.05) is 24.4 Å². The molecule has 0 atom stereocenters. The molecule has 1 aromatic carbocycles. The number of rotatable bonds is 6. The highest BCUT2D eigenvalue weighted by Gasteiger charge is 2.26. The number of carboxylic acids is 1. The molecule has 0 aliphatic carbocycles. The van der Waals surface area contributed by atoms with E-state index in [9.17, 15) is 4.79 Å². The highest BCUT2D eigenvalue weighted by atomic mass is 16.5. The van der Waals surface area contributed by atoms with Crippen LogP contribution in [0.1, 0.15) is 26.7 Å². The van der Waals surface area contributed by atoms with Crippen molar-refractivity contribution in [3.05, 3.63) is 30.5 Å². The fraction of sp³-hybridized carbons (Fsp3) is 0.438. The summed E-state index contributed by atoms with van der Waals surface area (Å²) in [5, 5.41) is 10.2. The third-order valence-electron chi connectivity index (χ3n) is 3.77. The van der Waals surface area contributed by atoms with Crippen molar-refractivity contribution in [2.24, 2.45) is 5.41 Å². The monoisotopic (exact) mass is 275 g/mol. The van der Waals surface area contributed by atoms with Gasteiger partial charge in [-0.1, -0.05) is 6.07 Å². The van der Waals surface area contributed by atoms with Gasteiger partial charge in [0.2, 0.25) is 0 Å². The zero-order chi connectivity index (χ0) is 14.8. The number of hydrogen-bond donors (Lipinski definition) is 1. The second-order valence-corrected chi connectivity index (χ2v) is 5.69. The largest absolute Gasteiger partial charge is 0.496 e. The fourth-order valence-corrected chi connectivity index (χ4v) is 2.37. The van der Waals surface area contributed by atoms with Gasteiger partial charge in [-0.15, -0.1) is 0 Å². The van der Waals surface area contributed by atoms with Crippen molar-refractivity contribution in [1.29, 1.82) is 0 Å². The van der Waals surface area contributed by atoms with Gasteiger partial charge >= 0.3 is 5.97 Å². The van der Waals surface area contributed by atoms with Crippen molar-refractivity contribution in [2.45, 2.75) is 33.2 Å². The molecule has 2 aromatic rings. The molecular weight excluding hydrogens is 254 g/mol. The van der Waals surface area contributed by atoms with E-state index in [1.54, 1.807) is 21.0 Å². The Hall–Kier alpha value is -1.97. The highest BCUT2D eigenvalue weighted by molar-refractivity contribution is 5.86. The highest BCUT2D eigenvalue weighted by Crippen LogP contribution is 2.27. The lowest BCUT2D eigenvalue weighted by molar-refractivity contribution is -0.147.